The fourth-order valence-electron chi connectivity index (χ4n) is 2.20. The SMILES string of the molecule is CNS(=O)(=O)c1ccc(NCC2(CCO)CC2)c(N)c1. The minimum atomic E-state index is -3.47. The van der Waals surface area contributed by atoms with Gasteiger partial charge in [0, 0.05) is 13.2 Å². The van der Waals surface area contributed by atoms with E-state index in [1.54, 1.807) is 6.07 Å². The number of aliphatic hydroxyl groups excluding tert-OH is 1. The Morgan fingerprint density at radius 1 is 1.40 bits per heavy atom. The average Bonchev–Trinajstić information content (AvgIpc) is 3.18. The van der Waals surface area contributed by atoms with Crippen molar-refractivity contribution in [1.82, 2.24) is 4.72 Å². The van der Waals surface area contributed by atoms with E-state index in [1.807, 2.05) is 0 Å². The van der Waals surface area contributed by atoms with Gasteiger partial charge in [-0.1, -0.05) is 0 Å². The van der Waals surface area contributed by atoms with Crippen molar-refractivity contribution in [3.05, 3.63) is 18.2 Å². The first-order valence-electron chi connectivity index (χ1n) is 6.60. The molecule has 0 aliphatic heterocycles. The van der Waals surface area contributed by atoms with Crippen molar-refractivity contribution in [2.75, 3.05) is 31.2 Å². The molecule has 0 bridgehead atoms. The van der Waals surface area contributed by atoms with Crippen molar-refractivity contribution in [1.29, 1.82) is 0 Å². The quantitative estimate of drug-likeness (QED) is 0.556. The van der Waals surface area contributed by atoms with E-state index in [0.29, 0.717) is 5.69 Å². The summed E-state index contributed by atoms with van der Waals surface area (Å²) in [5, 5.41) is 12.3. The average molecular weight is 299 g/mol. The molecule has 1 aromatic carbocycles. The van der Waals surface area contributed by atoms with Crippen LogP contribution in [0.5, 0.6) is 0 Å². The summed E-state index contributed by atoms with van der Waals surface area (Å²) in [6.45, 7) is 0.937. The molecule has 7 heteroatoms. The van der Waals surface area contributed by atoms with Gasteiger partial charge in [0.1, 0.15) is 0 Å². The summed E-state index contributed by atoms with van der Waals surface area (Å²) < 4.78 is 25.6. The van der Waals surface area contributed by atoms with Crippen molar-refractivity contribution < 1.29 is 13.5 Å². The molecule has 0 radical (unpaired) electrons. The standard InChI is InChI=1S/C13H21N3O3S/c1-15-20(18,19)10-2-3-12(11(14)8-10)16-9-13(4-5-13)6-7-17/h2-3,8,15-17H,4-7,9,14H2,1H3. The lowest BCUT2D eigenvalue weighted by atomic mass is 10.0. The molecule has 0 atom stereocenters. The molecule has 1 aliphatic carbocycles. The Morgan fingerprint density at radius 2 is 2.10 bits per heavy atom. The Bertz CT molecular complexity index is 583. The van der Waals surface area contributed by atoms with Gasteiger partial charge in [-0.3, -0.25) is 0 Å². The fraction of sp³-hybridized carbons (Fsp3) is 0.538. The monoisotopic (exact) mass is 299 g/mol. The van der Waals surface area contributed by atoms with Gasteiger partial charge in [-0.15, -0.1) is 0 Å². The molecule has 0 spiro atoms. The van der Waals surface area contributed by atoms with Crippen LogP contribution in [-0.2, 0) is 10.0 Å². The van der Waals surface area contributed by atoms with Crippen molar-refractivity contribution in [3.8, 4) is 0 Å². The summed E-state index contributed by atoms with van der Waals surface area (Å²) in [5.41, 5.74) is 7.20. The molecule has 0 heterocycles. The van der Waals surface area contributed by atoms with Crippen LogP contribution in [0, 0.1) is 5.41 Å². The molecule has 5 N–H and O–H groups in total. The van der Waals surface area contributed by atoms with E-state index >= 15 is 0 Å². The Labute approximate surface area is 119 Å². The van der Waals surface area contributed by atoms with Gasteiger partial charge in [-0.2, -0.15) is 0 Å². The number of rotatable bonds is 7. The zero-order valence-electron chi connectivity index (χ0n) is 11.5. The molecule has 2 rings (SSSR count). The van der Waals surface area contributed by atoms with Gasteiger partial charge in [-0.05, 0) is 49.9 Å². The number of aliphatic hydroxyl groups is 1. The predicted molar refractivity (Wildman–Crippen MR) is 79.0 cm³/mol. The van der Waals surface area contributed by atoms with E-state index in [9.17, 15) is 8.42 Å². The summed E-state index contributed by atoms with van der Waals surface area (Å²) in [5.74, 6) is 0. The van der Waals surface area contributed by atoms with Crippen molar-refractivity contribution in [3.63, 3.8) is 0 Å². The Hall–Kier alpha value is -1.31. The third kappa shape index (κ3) is 3.23. The van der Waals surface area contributed by atoms with Gasteiger partial charge in [0.15, 0.2) is 0 Å². The van der Waals surface area contributed by atoms with Crippen LogP contribution in [0.25, 0.3) is 0 Å². The molecule has 0 aromatic heterocycles. The Balaban J connectivity index is 2.07. The molecule has 1 saturated carbocycles. The smallest absolute Gasteiger partial charge is 0.240 e. The zero-order chi connectivity index (χ0) is 14.8. The number of nitrogens with two attached hydrogens (primary N) is 1. The second kappa shape index (κ2) is 5.59. The van der Waals surface area contributed by atoms with E-state index in [1.165, 1.54) is 19.2 Å². The summed E-state index contributed by atoms with van der Waals surface area (Å²) in [6.07, 6.45) is 2.99. The molecular formula is C13H21N3O3S. The minimum Gasteiger partial charge on any atom is -0.397 e. The third-order valence-corrected chi connectivity index (χ3v) is 5.27. The van der Waals surface area contributed by atoms with Crippen molar-refractivity contribution in [2.24, 2.45) is 5.41 Å². The molecular weight excluding hydrogens is 278 g/mol. The van der Waals surface area contributed by atoms with Crippen molar-refractivity contribution in [2.45, 2.75) is 24.2 Å². The molecule has 1 aromatic rings. The number of nitrogens with one attached hydrogen (secondary N) is 2. The second-order valence-corrected chi connectivity index (χ2v) is 7.17. The largest absolute Gasteiger partial charge is 0.397 e. The van der Waals surface area contributed by atoms with Crippen LogP contribution in [0.3, 0.4) is 0 Å². The van der Waals surface area contributed by atoms with Crippen molar-refractivity contribution >= 4 is 21.4 Å². The van der Waals surface area contributed by atoms with E-state index in [-0.39, 0.29) is 16.9 Å². The number of hydrogen-bond acceptors (Lipinski definition) is 5. The number of benzene rings is 1. The van der Waals surface area contributed by atoms with Gasteiger partial charge in [-0.25, -0.2) is 13.1 Å². The topological polar surface area (TPSA) is 104 Å². The van der Waals surface area contributed by atoms with Crippen LogP contribution < -0.4 is 15.8 Å². The number of nitrogen functional groups attached to an aromatic ring is 1. The van der Waals surface area contributed by atoms with Crippen LogP contribution in [-0.4, -0.2) is 33.7 Å². The summed E-state index contributed by atoms with van der Waals surface area (Å²) in [7, 11) is -2.10. The van der Waals surface area contributed by atoms with Crippen LogP contribution in [0.15, 0.2) is 23.1 Å². The summed E-state index contributed by atoms with van der Waals surface area (Å²) in [4.78, 5) is 0.152. The van der Waals surface area contributed by atoms with E-state index in [0.717, 1.165) is 31.5 Å². The minimum absolute atomic E-state index is 0.152. The van der Waals surface area contributed by atoms with E-state index < -0.39 is 10.0 Å². The highest BCUT2D eigenvalue weighted by atomic mass is 32.2. The predicted octanol–water partition coefficient (Wildman–Crippen LogP) is 0.751. The van der Waals surface area contributed by atoms with Gasteiger partial charge in [0.2, 0.25) is 10.0 Å². The molecule has 6 nitrogen and oxygen atoms in total. The lowest BCUT2D eigenvalue weighted by Crippen LogP contribution is -2.20. The number of sulfonamides is 1. The maximum atomic E-state index is 11.7. The first-order valence-corrected chi connectivity index (χ1v) is 8.09. The van der Waals surface area contributed by atoms with E-state index in [2.05, 4.69) is 10.0 Å². The molecule has 20 heavy (non-hydrogen) atoms. The van der Waals surface area contributed by atoms with E-state index in [4.69, 9.17) is 10.8 Å². The highest BCUT2D eigenvalue weighted by molar-refractivity contribution is 7.89. The molecule has 1 aliphatic rings. The van der Waals surface area contributed by atoms with Gasteiger partial charge in [0.05, 0.1) is 16.3 Å². The first-order chi connectivity index (χ1) is 9.42. The molecule has 0 saturated heterocycles. The Morgan fingerprint density at radius 3 is 2.60 bits per heavy atom. The maximum absolute atomic E-state index is 11.7. The summed E-state index contributed by atoms with van der Waals surface area (Å²) in [6, 6.07) is 4.64. The second-order valence-electron chi connectivity index (χ2n) is 5.28. The molecule has 1 fully saturated rings. The Kier molecular flexibility index (Phi) is 4.22. The lowest BCUT2D eigenvalue weighted by molar-refractivity contribution is 0.253. The van der Waals surface area contributed by atoms with Crippen LogP contribution in [0.1, 0.15) is 19.3 Å². The third-order valence-electron chi connectivity index (χ3n) is 3.86. The molecule has 0 unspecified atom stereocenters. The van der Waals surface area contributed by atoms with Gasteiger partial charge >= 0.3 is 0 Å². The number of hydrogen-bond donors (Lipinski definition) is 4. The lowest BCUT2D eigenvalue weighted by Gasteiger charge is -2.17. The molecule has 0 amide bonds. The highest BCUT2D eigenvalue weighted by Crippen LogP contribution is 2.48. The van der Waals surface area contributed by atoms with Crippen LogP contribution >= 0.6 is 0 Å². The summed E-state index contributed by atoms with van der Waals surface area (Å²) >= 11 is 0. The normalized spacial score (nSPS) is 16.9. The van der Waals surface area contributed by atoms with Gasteiger partial charge in [0.25, 0.3) is 0 Å². The fourth-order valence-corrected chi connectivity index (χ4v) is 2.96. The van der Waals surface area contributed by atoms with Crippen LogP contribution in [0.4, 0.5) is 11.4 Å². The highest BCUT2D eigenvalue weighted by Gasteiger charge is 2.41. The first kappa shape index (κ1) is 15.1. The molecule has 112 valence electrons. The van der Waals surface area contributed by atoms with Gasteiger partial charge < -0.3 is 16.2 Å². The van der Waals surface area contributed by atoms with Crippen LogP contribution in [0.2, 0.25) is 0 Å². The zero-order valence-corrected chi connectivity index (χ0v) is 12.3. The number of anilines is 2. The maximum Gasteiger partial charge on any atom is 0.240 e.